The lowest BCUT2D eigenvalue weighted by Crippen LogP contribution is -2.41. The highest BCUT2D eigenvalue weighted by Gasteiger charge is 2.19. The summed E-state index contributed by atoms with van der Waals surface area (Å²) >= 11 is 0. The number of ether oxygens (including phenoxy) is 1. The van der Waals surface area contributed by atoms with Crippen LogP contribution in [0.4, 0.5) is 0 Å². The van der Waals surface area contributed by atoms with Crippen LogP contribution < -0.4 is 5.32 Å². The summed E-state index contributed by atoms with van der Waals surface area (Å²) in [6.07, 6.45) is 5.55. The molecule has 0 aromatic rings. The number of nitrogens with zero attached hydrogens (tertiary/aromatic N) is 2. The number of rotatable bonds is 8. The Morgan fingerprint density at radius 3 is 2.26 bits per heavy atom. The van der Waals surface area contributed by atoms with Gasteiger partial charge in [0.2, 0.25) is 0 Å². The van der Waals surface area contributed by atoms with Crippen LogP contribution in [0.2, 0.25) is 0 Å². The second-order valence-electron chi connectivity index (χ2n) is 6.03. The van der Waals surface area contributed by atoms with Crippen molar-refractivity contribution in [2.45, 2.75) is 25.7 Å². The molecule has 4 heteroatoms. The molecule has 2 fully saturated rings. The lowest BCUT2D eigenvalue weighted by Gasteiger charge is -2.33. The number of hydrogen-bond donors (Lipinski definition) is 1. The lowest BCUT2D eigenvalue weighted by atomic mass is 9.97. The standard InChI is InChI=1S/C15H31N3O/c1-19-13-6-16-14-15-4-9-18(10-5-15)12-11-17-7-2-3-8-17/h15-16H,2-14H2,1H3. The van der Waals surface area contributed by atoms with Crippen molar-refractivity contribution in [2.24, 2.45) is 5.92 Å². The minimum Gasteiger partial charge on any atom is -0.383 e. The highest BCUT2D eigenvalue weighted by atomic mass is 16.5. The van der Waals surface area contributed by atoms with Crippen LogP contribution in [-0.4, -0.2) is 75.9 Å². The molecule has 0 radical (unpaired) electrons. The van der Waals surface area contributed by atoms with E-state index in [9.17, 15) is 0 Å². The van der Waals surface area contributed by atoms with E-state index in [4.69, 9.17) is 4.74 Å². The molecule has 112 valence electrons. The van der Waals surface area contributed by atoms with E-state index in [1.165, 1.54) is 71.5 Å². The highest BCUT2D eigenvalue weighted by Crippen LogP contribution is 2.16. The zero-order valence-electron chi connectivity index (χ0n) is 12.6. The molecule has 2 heterocycles. The van der Waals surface area contributed by atoms with E-state index >= 15 is 0 Å². The average Bonchev–Trinajstić information content (AvgIpc) is 2.96. The smallest absolute Gasteiger partial charge is 0.0587 e. The van der Waals surface area contributed by atoms with Gasteiger partial charge in [0, 0.05) is 26.7 Å². The molecule has 2 aliphatic rings. The van der Waals surface area contributed by atoms with Gasteiger partial charge in [-0.1, -0.05) is 0 Å². The number of nitrogens with one attached hydrogen (secondary N) is 1. The molecule has 0 amide bonds. The third-order valence-electron chi connectivity index (χ3n) is 4.55. The summed E-state index contributed by atoms with van der Waals surface area (Å²) < 4.78 is 5.05. The molecule has 2 rings (SSSR count). The largest absolute Gasteiger partial charge is 0.383 e. The molecule has 4 nitrogen and oxygen atoms in total. The maximum atomic E-state index is 5.05. The summed E-state index contributed by atoms with van der Waals surface area (Å²) in [5.41, 5.74) is 0. The number of piperidine rings is 1. The van der Waals surface area contributed by atoms with Crippen molar-refractivity contribution in [2.75, 3.05) is 66.1 Å². The molecule has 0 saturated carbocycles. The van der Waals surface area contributed by atoms with Crippen LogP contribution in [0.25, 0.3) is 0 Å². The molecule has 1 N–H and O–H groups in total. The summed E-state index contributed by atoms with van der Waals surface area (Å²) in [5.74, 6) is 0.875. The van der Waals surface area contributed by atoms with Gasteiger partial charge >= 0.3 is 0 Å². The Morgan fingerprint density at radius 1 is 1.00 bits per heavy atom. The second-order valence-corrected chi connectivity index (χ2v) is 6.03. The van der Waals surface area contributed by atoms with Crippen LogP contribution in [-0.2, 0) is 4.74 Å². The normalized spacial score (nSPS) is 23.2. The van der Waals surface area contributed by atoms with Crippen molar-refractivity contribution in [1.82, 2.24) is 15.1 Å². The van der Waals surface area contributed by atoms with E-state index in [2.05, 4.69) is 15.1 Å². The first-order valence-electron chi connectivity index (χ1n) is 8.03. The Morgan fingerprint density at radius 2 is 1.63 bits per heavy atom. The van der Waals surface area contributed by atoms with E-state index in [0.717, 1.165) is 19.1 Å². The molecule has 19 heavy (non-hydrogen) atoms. The van der Waals surface area contributed by atoms with Gasteiger partial charge in [-0.25, -0.2) is 0 Å². The van der Waals surface area contributed by atoms with Gasteiger partial charge in [-0.3, -0.25) is 0 Å². The fraction of sp³-hybridized carbons (Fsp3) is 1.00. The third-order valence-corrected chi connectivity index (χ3v) is 4.55. The van der Waals surface area contributed by atoms with Gasteiger partial charge in [-0.2, -0.15) is 0 Å². The molecule has 2 saturated heterocycles. The molecular weight excluding hydrogens is 238 g/mol. The predicted octanol–water partition coefficient (Wildman–Crippen LogP) is 1.03. The number of hydrogen-bond acceptors (Lipinski definition) is 4. The van der Waals surface area contributed by atoms with E-state index in [-0.39, 0.29) is 0 Å². The van der Waals surface area contributed by atoms with Crippen LogP contribution >= 0.6 is 0 Å². The van der Waals surface area contributed by atoms with Crippen LogP contribution in [0, 0.1) is 5.92 Å². The Bertz CT molecular complexity index is 223. The quantitative estimate of drug-likeness (QED) is 0.666. The van der Waals surface area contributed by atoms with Crippen molar-refractivity contribution in [3.05, 3.63) is 0 Å². The van der Waals surface area contributed by atoms with Crippen molar-refractivity contribution < 1.29 is 4.74 Å². The maximum absolute atomic E-state index is 5.05. The van der Waals surface area contributed by atoms with Crippen molar-refractivity contribution in [3.63, 3.8) is 0 Å². The first kappa shape index (κ1) is 15.2. The average molecular weight is 269 g/mol. The predicted molar refractivity (Wildman–Crippen MR) is 79.6 cm³/mol. The van der Waals surface area contributed by atoms with Gasteiger partial charge < -0.3 is 19.9 Å². The summed E-state index contributed by atoms with van der Waals surface area (Å²) in [6, 6.07) is 0. The Kier molecular flexibility index (Phi) is 7.14. The SMILES string of the molecule is COCCNCC1CCN(CCN2CCCC2)CC1. The topological polar surface area (TPSA) is 27.7 Å². The monoisotopic (exact) mass is 269 g/mol. The summed E-state index contributed by atoms with van der Waals surface area (Å²) in [7, 11) is 1.76. The highest BCUT2D eigenvalue weighted by molar-refractivity contribution is 4.75. The summed E-state index contributed by atoms with van der Waals surface area (Å²) in [4.78, 5) is 5.28. The Labute approximate surface area is 118 Å². The molecular formula is C15H31N3O. The Balaban J connectivity index is 1.49. The lowest BCUT2D eigenvalue weighted by molar-refractivity contribution is 0.158. The molecule has 0 aliphatic carbocycles. The van der Waals surface area contributed by atoms with Gasteiger partial charge in [0.25, 0.3) is 0 Å². The molecule has 0 aromatic carbocycles. The summed E-state index contributed by atoms with van der Waals surface area (Å²) in [6.45, 7) is 10.8. The zero-order valence-corrected chi connectivity index (χ0v) is 12.6. The van der Waals surface area contributed by atoms with E-state index in [1.54, 1.807) is 7.11 Å². The molecule has 0 unspecified atom stereocenters. The Hall–Kier alpha value is -0.160. The van der Waals surface area contributed by atoms with Crippen LogP contribution in [0.15, 0.2) is 0 Å². The third kappa shape index (κ3) is 5.78. The fourth-order valence-corrected chi connectivity index (χ4v) is 3.18. The van der Waals surface area contributed by atoms with Crippen LogP contribution in [0.3, 0.4) is 0 Å². The minimum absolute atomic E-state index is 0.828. The molecule has 0 aromatic heterocycles. The first-order valence-corrected chi connectivity index (χ1v) is 8.03. The fourth-order valence-electron chi connectivity index (χ4n) is 3.18. The van der Waals surface area contributed by atoms with Gasteiger partial charge in [0.05, 0.1) is 6.61 Å². The van der Waals surface area contributed by atoms with E-state index in [1.807, 2.05) is 0 Å². The van der Waals surface area contributed by atoms with E-state index < -0.39 is 0 Å². The van der Waals surface area contributed by atoms with Gasteiger partial charge in [-0.15, -0.1) is 0 Å². The molecule has 2 aliphatic heterocycles. The van der Waals surface area contributed by atoms with Crippen LogP contribution in [0.5, 0.6) is 0 Å². The first-order chi connectivity index (χ1) is 9.38. The van der Waals surface area contributed by atoms with Gasteiger partial charge in [0.15, 0.2) is 0 Å². The van der Waals surface area contributed by atoms with Crippen LogP contribution in [0.1, 0.15) is 25.7 Å². The van der Waals surface area contributed by atoms with Crippen molar-refractivity contribution in [3.8, 4) is 0 Å². The van der Waals surface area contributed by atoms with E-state index in [0.29, 0.717) is 0 Å². The summed E-state index contributed by atoms with van der Waals surface area (Å²) in [5, 5.41) is 3.50. The van der Waals surface area contributed by atoms with Gasteiger partial charge in [-0.05, 0) is 64.3 Å². The molecule has 0 atom stereocenters. The second kappa shape index (κ2) is 8.90. The van der Waals surface area contributed by atoms with Crippen molar-refractivity contribution in [1.29, 1.82) is 0 Å². The van der Waals surface area contributed by atoms with Crippen molar-refractivity contribution >= 4 is 0 Å². The molecule has 0 bridgehead atoms. The number of likely N-dealkylation sites (tertiary alicyclic amines) is 2. The molecule has 0 spiro atoms. The number of methoxy groups -OCH3 is 1. The maximum Gasteiger partial charge on any atom is 0.0587 e. The van der Waals surface area contributed by atoms with Gasteiger partial charge in [0.1, 0.15) is 0 Å². The minimum atomic E-state index is 0.828. The zero-order chi connectivity index (χ0) is 13.3.